The molecule has 0 bridgehead atoms. The zero-order valence-electron chi connectivity index (χ0n) is 15.9. The Morgan fingerprint density at radius 1 is 1.27 bits per heavy atom. The lowest BCUT2D eigenvalue weighted by molar-refractivity contribution is 0.104. The van der Waals surface area contributed by atoms with Gasteiger partial charge in [-0.2, -0.15) is 4.37 Å². The number of rotatable bonds is 5. The number of halogens is 1. The zero-order chi connectivity index (χ0) is 17.3. The standard InChI is InChI=1S/C18H30N6S.HI/c1-3-15-21-17(25-22-15)24-11-9-23(10-12-24)16(19-2)20-13-18(7-4-8-18)14-5-6-14;/h14H,3-13H2,1-2H3,(H,19,20);1H. The van der Waals surface area contributed by atoms with Crippen LogP contribution in [0.15, 0.2) is 4.99 Å². The maximum absolute atomic E-state index is 4.63. The second kappa shape index (κ2) is 8.58. The van der Waals surface area contributed by atoms with E-state index in [4.69, 9.17) is 0 Å². The van der Waals surface area contributed by atoms with Crippen LogP contribution in [0, 0.1) is 11.3 Å². The summed E-state index contributed by atoms with van der Waals surface area (Å²) < 4.78 is 4.41. The molecule has 6 nitrogen and oxygen atoms in total. The summed E-state index contributed by atoms with van der Waals surface area (Å²) >= 11 is 1.53. The fourth-order valence-electron chi connectivity index (χ4n) is 4.27. The van der Waals surface area contributed by atoms with Gasteiger partial charge in [-0.1, -0.05) is 13.3 Å². The van der Waals surface area contributed by atoms with Crippen molar-refractivity contribution in [2.24, 2.45) is 16.3 Å². The van der Waals surface area contributed by atoms with Crippen molar-refractivity contribution >= 4 is 46.6 Å². The van der Waals surface area contributed by atoms with Crippen molar-refractivity contribution in [1.82, 2.24) is 19.6 Å². The number of aromatic nitrogens is 2. The van der Waals surface area contributed by atoms with Gasteiger partial charge in [-0.15, -0.1) is 24.0 Å². The van der Waals surface area contributed by atoms with Crippen LogP contribution in [-0.2, 0) is 6.42 Å². The third-order valence-electron chi connectivity index (χ3n) is 6.23. The molecule has 0 atom stereocenters. The summed E-state index contributed by atoms with van der Waals surface area (Å²) in [5.74, 6) is 3.03. The van der Waals surface area contributed by atoms with E-state index in [0.29, 0.717) is 5.41 Å². The van der Waals surface area contributed by atoms with E-state index in [1.807, 2.05) is 7.05 Å². The summed E-state index contributed by atoms with van der Waals surface area (Å²) in [6, 6.07) is 0. The number of guanidine groups is 1. The molecule has 26 heavy (non-hydrogen) atoms. The second-order valence-electron chi connectivity index (χ2n) is 7.71. The molecular formula is C18H31IN6S. The summed E-state index contributed by atoms with van der Waals surface area (Å²) in [6.07, 6.45) is 8.03. The van der Waals surface area contributed by atoms with Crippen molar-refractivity contribution in [2.75, 3.05) is 44.7 Å². The molecule has 0 radical (unpaired) electrons. The van der Waals surface area contributed by atoms with Crippen LogP contribution >= 0.6 is 35.5 Å². The number of aryl methyl sites for hydroxylation is 1. The fraction of sp³-hybridized carbons (Fsp3) is 0.833. The Morgan fingerprint density at radius 3 is 2.50 bits per heavy atom. The van der Waals surface area contributed by atoms with Gasteiger partial charge >= 0.3 is 0 Å². The molecule has 2 aliphatic carbocycles. The SMILES string of the molecule is CCc1nsc(N2CCN(C(=NC)NCC3(C4CC4)CCC3)CC2)n1.I. The molecule has 146 valence electrons. The van der Waals surface area contributed by atoms with Gasteiger partial charge in [-0.3, -0.25) is 4.99 Å². The molecular weight excluding hydrogens is 459 g/mol. The summed E-state index contributed by atoms with van der Waals surface area (Å²) in [6.45, 7) is 7.20. The molecule has 3 aliphatic rings. The highest BCUT2D eigenvalue weighted by atomic mass is 127. The molecule has 1 aromatic rings. The number of anilines is 1. The summed E-state index contributed by atoms with van der Waals surface area (Å²) in [5.41, 5.74) is 0.584. The first-order chi connectivity index (χ1) is 12.2. The van der Waals surface area contributed by atoms with Crippen LogP contribution in [0.3, 0.4) is 0 Å². The first-order valence-corrected chi connectivity index (χ1v) is 10.5. The Hall–Kier alpha value is -0.640. The Kier molecular flexibility index (Phi) is 6.63. The van der Waals surface area contributed by atoms with Crippen molar-refractivity contribution in [3.8, 4) is 0 Å². The number of hydrogen-bond donors (Lipinski definition) is 1. The first-order valence-electron chi connectivity index (χ1n) is 9.77. The van der Waals surface area contributed by atoms with Crippen LogP contribution < -0.4 is 10.2 Å². The fourth-order valence-corrected chi connectivity index (χ4v) is 5.07. The molecule has 0 amide bonds. The van der Waals surface area contributed by atoms with Crippen LogP contribution in [-0.4, -0.2) is 60.0 Å². The molecule has 0 unspecified atom stereocenters. The predicted octanol–water partition coefficient (Wildman–Crippen LogP) is 3.00. The maximum Gasteiger partial charge on any atom is 0.205 e. The normalized spacial score (nSPS) is 22.6. The lowest BCUT2D eigenvalue weighted by Gasteiger charge is -2.44. The number of nitrogens with one attached hydrogen (secondary N) is 1. The topological polar surface area (TPSA) is 56.7 Å². The Balaban J connectivity index is 0.00000196. The van der Waals surface area contributed by atoms with E-state index in [2.05, 4.69) is 36.4 Å². The number of nitrogens with zero attached hydrogens (tertiary/aromatic N) is 5. The van der Waals surface area contributed by atoms with Gasteiger partial charge in [0.05, 0.1) is 0 Å². The number of hydrogen-bond acceptors (Lipinski definition) is 5. The van der Waals surface area contributed by atoms with E-state index in [-0.39, 0.29) is 24.0 Å². The van der Waals surface area contributed by atoms with Gasteiger partial charge in [0, 0.05) is 57.7 Å². The van der Waals surface area contributed by atoms with E-state index < -0.39 is 0 Å². The summed E-state index contributed by atoms with van der Waals surface area (Å²) in [4.78, 5) is 13.9. The van der Waals surface area contributed by atoms with E-state index in [1.54, 1.807) is 0 Å². The zero-order valence-corrected chi connectivity index (χ0v) is 19.1. The van der Waals surface area contributed by atoms with Crippen molar-refractivity contribution in [3.05, 3.63) is 5.82 Å². The maximum atomic E-state index is 4.63. The van der Waals surface area contributed by atoms with Crippen molar-refractivity contribution < 1.29 is 0 Å². The molecule has 1 N–H and O–H groups in total. The highest BCUT2D eigenvalue weighted by Crippen LogP contribution is 2.56. The van der Waals surface area contributed by atoms with Gasteiger partial charge in [0.1, 0.15) is 5.82 Å². The van der Waals surface area contributed by atoms with Crippen LogP contribution in [0.4, 0.5) is 5.13 Å². The van der Waals surface area contributed by atoms with Gasteiger partial charge in [-0.05, 0) is 37.0 Å². The lowest BCUT2D eigenvalue weighted by atomic mass is 9.65. The third kappa shape index (κ3) is 4.10. The predicted molar refractivity (Wildman–Crippen MR) is 119 cm³/mol. The van der Waals surface area contributed by atoms with Crippen LogP contribution in [0.25, 0.3) is 0 Å². The molecule has 1 aliphatic heterocycles. The Bertz CT molecular complexity index is 617. The van der Waals surface area contributed by atoms with E-state index in [1.165, 1.54) is 43.6 Å². The summed E-state index contributed by atoms with van der Waals surface area (Å²) in [7, 11) is 1.91. The molecule has 0 spiro atoms. The van der Waals surface area contributed by atoms with Gasteiger partial charge in [0.2, 0.25) is 5.13 Å². The van der Waals surface area contributed by atoms with Crippen LogP contribution in [0.5, 0.6) is 0 Å². The van der Waals surface area contributed by atoms with Crippen molar-refractivity contribution in [2.45, 2.75) is 45.4 Å². The Labute approximate surface area is 178 Å². The van der Waals surface area contributed by atoms with E-state index in [0.717, 1.165) is 62.0 Å². The Morgan fingerprint density at radius 2 is 2.00 bits per heavy atom. The molecule has 1 saturated heterocycles. The molecule has 2 saturated carbocycles. The van der Waals surface area contributed by atoms with Crippen molar-refractivity contribution in [1.29, 1.82) is 0 Å². The van der Waals surface area contributed by atoms with Gasteiger partial charge < -0.3 is 15.1 Å². The molecule has 4 rings (SSSR count). The monoisotopic (exact) mass is 490 g/mol. The van der Waals surface area contributed by atoms with Crippen molar-refractivity contribution in [3.63, 3.8) is 0 Å². The minimum atomic E-state index is 0. The van der Waals surface area contributed by atoms with Crippen LogP contribution in [0.1, 0.15) is 44.9 Å². The minimum absolute atomic E-state index is 0. The molecule has 1 aromatic heterocycles. The van der Waals surface area contributed by atoms with E-state index >= 15 is 0 Å². The van der Waals surface area contributed by atoms with E-state index in [9.17, 15) is 0 Å². The highest BCUT2D eigenvalue weighted by Gasteiger charge is 2.48. The van der Waals surface area contributed by atoms with Crippen LogP contribution in [0.2, 0.25) is 0 Å². The smallest absolute Gasteiger partial charge is 0.205 e. The van der Waals surface area contributed by atoms with Gasteiger partial charge in [0.15, 0.2) is 5.96 Å². The number of piperazine rings is 1. The third-order valence-corrected chi connectivity index (χ3v) is 7.04. The lowest BCUT2D eigenvalue weighted by Crippen LogP contribution is -2.54. The number of aliphatic imine (C=N–C) groups is 1. The quantitative estimate of drug-likeness (QED) is 0.391. The summed E-state index contributed by atoms with van der Waals surface area (Å²) in [5, 5.41) is 4.77. The molecule has 0 aromatic carbocycles. The molecule has 8 heteroatoms. The van der Waals surface area contributed by atoms with Gasteiger partial charge in [-0.25, -0.2) is 4.98 Å². The largest absolute Gasteiger partial charge is 0.356 e. The first kappa shape index (κ1) is 20.1. The molecule has 2 heterocycles. The average Bonchev–Trinajstić information content (AvgIpc) is 3.34. The van der Waals surface area contributed by atoms with Gasteiger partial charge in [0.25, 0.3) is 0 Å². The second-order valence-corrected chi connectivity index (χ2v) is 8.44. The minimum Gasteiger partial charge on any atom is -0.356 e. The molecule has 3 fully saturated rings. The highest BCUT2D eigenvalue weighted by molar-refractivity contribution is 14.0. The average molecular weight is 490 g/mol.